The number of terminal acetylenes is 1. The summed E-state index contributed by atoms with van der Waals surface area (Å²) < 4.78 is 4.22. The second-order valence-corrected chi connectivity index (χ2v) is 15.3. The second-order valence-electron chi connectivity index (χ2n) is 14.4. The minimum absolute atomic E-state index is 0.0553. The van der Waals surface area contributed by atoms with Crippen molar-refractivity contribution in [3.63, 3.8) is 0 Å². The lowest BCUT2D eigenvalue weighted by molar-refractivity contribution is 0.309. The minimum Gasteiger partial charge on any atom is -0.269 e. The molecule has 0 atom stereocenters. The van der Waals surface area contributed by atoms with Crippen molar-refractivity contribution in [1.82, 2.24) is 28.7 Å². The van der Waals surface area contributed by atoms with Crippen LogP contribution in [0.5, 0.6) is 0 Å². The molecule has 0 unspecified atom stereocenters. The van der Waals surface area contributed by atoms with Gasteiger partial charge in [0.25, 0.3) is 11.1 Å². The van der Waals surface area contributed by atoms with Crippen LogP contribution in [0, 0.1) is 35.0 Å². The summed E-state index contributed by atoms with van der Waals surface area (Å²) in [7, 11) is 0. The van der Waals surface area contributed by atoms with E-state index in [1.165, 1.54) is 0 Å². The van der Waals surface area contributed by atoms with Crippen LogP contribution in [0.2, 0.25) is 0 Å². The van der Waals surface area contributed by atoms with Gasteiger partial charge in [0.2, 0.25) is 0 Å². The molecule has 2 aliphatic rings. The molecule has 9 heteroatoms. The maximum absolute atomic E-state index is 12.8. The fourth-order valence-corrected chi connectivity index (χ4v) is 6.64. The summed E-state index contributed by atoms with van der Waals surface area (Å²) >= 11 is 3.42. The maximum Gasteiger partial charge on any atom is 0.261 e. The molecule has 8 nitrogen and oxygen atoms in total. The quantitative estimate of drug-likeness (QED) is 0.155. The molecule has 0 N–H and O–H groups in total. The Morgan fingerprint density at radius 1 is 0.706 bits per heavy atom. The van der Waals surface area contributed by atoms with Crippen molar-refractivity contribution in [2.24, 2.45) is 10.8 Å². The number of rotatable bonds is 0. The molecular formula is C42H39BrN6O2. The van der Waals surface area contributed by atoms with Gasteiger partial charge in [0.1, 0.15) is 22.7 Å². The fraction of sp³-hybridized carbons (Fsp3) is 0.286. The third kappa shape index (κ3) is 8.51. The zero-order chi connectivity index (χ0) is 36.2. The van der Waals surface area contributed by atoms with Gasteiger partial charge in [-0.15, -0.1) is 6.42 Å². The van der Waals surface area contributed by atoms with E-state index in [0.717, 1.165) is 82.4 Å². The van der Waals surface area contributed by atoms with Gasteiger partial charge in [0.15, 0.2) is 0 Å². The van der Waals surface area contributed by atoms with E-state index >= 15 is 0 Å². The van der Waals surface area contributed by atoms with Crippen LogP contribution in [0.25, 0.3) is 11.3 Å². The SMILES string of the molecule is C#Cc1ccccn1.CC1(C)CCc2c(nc3cc(Br)ccn3c2=O)C1.CC1(C)CCc2c(nc3cc(C#Cc4ccccn4)ccn3c2=O)C1. The van der Waals surface area contributed by atoms with Crippen LogP contribution >= 0.6 is 15.9 Å². The lowest BCUT2D eigenvalue weighted by atomic mass is 9.76. The first-order chi connectivity index (χ1) is 24.4. The maximum atomic E-state index is 12.8. The average molecular weight is 740 g/mol. The Hall–Kier alpha value is -5.38. The summed E-state index contributed by atoms with van der Waals surface area (Å²) in [6.07, 6.45) is 17.5. The standard InChI is InChI=1S/C21H19N3O.C14H15BrN2O.C7H5N/c1-21(2)10-8-17-18(14-21)23-19-13-15(9-12-24(19)20(17)25)6-7-16-5-3-4-11-22-16;1-14(2)5-3-10-11(8-14)16-12-7-9(15)4-6-17(12)13(10)18;1-2-7-5-3-4-6-8-7/h3-5,9,11-13H,8,10,14H2,1-2H3;4,6-7H,3,5,8H2,1-2H3;1,3-6H. The molecule has 256 valence electrons. The van der Waals surface area contributed by atoms with Crippen molar-refractivity contribution in [2.75, 3.05) is 0 Å². The summed E-state index contributed by atoms with van der Waals surface area (Å²) in [5.41, 5.74) is 7.90. The molecule has 0 saturated heterocycles. The highest BCUT2D eigenvalue weighted by molar-refractivity contribution is 9.10. The van der Waals surface area contributed by atoms with Gasteiger partial charge in [0, 0.05) is 46.0 Å². The lowest BCUT2D eigenvalue weighted by Gasteiger charge is -2.30. The molecule has 0 bridgehead atoms. The van der Waals surface area contributed by atoms with Crippen molar-refractivity contribution in [1.29, 1.82) is 0 Å². The van der Waals surface area contributed by atoms with E-state index in [-0.39, 0.29) is 21.9 Å². The summed E-state index contributed by atoms with van der Waals surface area (Å²) in [5.74, 6) is 8.56. The third-order valence-corrected chi connectivity index (χ3v) is 9.68. The highest BCUT2D eigenvalue weighted by Gasteiger charge is 2.29. The Labute approximate surface area is 306 Å². The molecule has 0 radical (unpaired) electrons. The number of hydrogen-bond donors (Lipinski definition) is 0. The molecule has 8 rings (SSSR count). The number of aromatic nitrogens is 6. The van der Waals surface area contributed by atoms with E-state index in [9.17, 15) is 9.59 Å². The van der Waals surface area contributed by atoms with Crippen molar-refractivity contribution in [2.45, 2.75) is 66.2 Å². The Morgan fingerprint density at radius 3 is 1.75 bits per heavy atom. The van der Waals surface area contributed by atoms with Crippen molar-refractivity contribution in [3.05, 3.63) is 150 Å². The number of hydrogen-bond acceptors (Lipinski definition) is 6. The molecule has 0 aromatic carbocycles. The van der Waals surface area contributed by atoms with Crippen molar-refractivity contribution in [3.8, 4) is 24.2 Å². The van der Waals surface area contributed by atoms with Gasteiger partial charge >= 0.3 is 0 Å². The minimum atomic E-state index is 0.0553. The Morgan fingerprint density at radius 2 is 1.24 bits per heavy atom. The first-order valence-electron chi connectivity index (χ1n) is 17.0. The zero-order valence-electron chi connectivity index (χ0n) is 29.3. The third-order valence-electron chi connectivity index (χ3n) is 9.19. The van der Waals surface area contributed by atoms with E-state index in [4.69, 9.17) is 11.4 Å². The molecular weight excluding hydrogens is 700 g/mol. The predicted molar refractivity (Wildman–Crippen MR) is 205 cm³/mol. The number of halogens is 1. The van der Waals surface area contributed by atoms with Gasteiger partial charge < -0.3 is 0 Å². The van der Waals surface area contributed by atoms with Crippen LogP contribution in [0.4, 0.5) is 0 Å². The Balaban J connectivity index is 0.000000150. The van der Waals surface area contributed by atoms with Gasteiger partial charge in [0.05, 0.1) is 11.4 Å². The summed E-state index contributed by atoms with van der Waals surface area (Å²) in [5, 5.41) is 0. The zero-order valence-corrected chi connectivity index (χ0v) is 30.9. The molecule has 6 aromatic heterocycles. The Bertz CT molecular complexity index is 2450. The predicted octanol–water partition coefficient (Wildman–Crippen LogP) is 7.04. The molecule has 0 saturated carbocycles. The number of pyridine rings is 4. The average Bonchev–Trinajstić information content (AvgIpc) is 3.11. The monoisotopic (exact) mass is 738 g/mol. The van der Waals surface area contributed by atoms with Gasteiger partial charge in [-0.25, -0.2) is 19.9 Å². The summed E-state index contributed by atoms with van der Waals surface area (Å²) in [4.78, 5) is 42.6. The van der Waals surface area contributed by atoms with Crippen LogP contribution in [-0.4, -0.2) is 28.7 Å². The van der Waals surface area contributed by atoms with Crippen LogP contribution < -0.4 is 11.1 Å². The van der Waals surface area contributed by atoms with E-state index in [0.29, 0.717) is 11.3 Å². The normalized spacial score (nSPS) is 15.0. The largest absolute Gasteiger partial charge is 0.269 e. The fourth-order valence-electron chi connectivity index (χ4n) is 6.32. The molecule has 51 heavy (non-hydrogen) atoms. The van der Waals surface area contributed by atoms with E-state index in [1.807, 2.05) is 54.6 Å². The molecule has 2 aliphatic carbocycles. The first kappa shape index (κ1) is 35.4. The van der Waals surface area contributed by atoms with Crippen LogP contribution in [0.3, 0.4) is 0 Å². The highest BCUT2D eigenvalue weighted by Crippen LogP contribution is 2.33. The van der Waals surface area contributed by atoms with Crippen LogP contribution in [-0.2, 0) is 25.7 Å². The smallest absolute Gasteiger partial charge is 0.261 e. The van der Waals surface area contributed by atoms with E-state index in [2.05, 4.69) is 76.3 Å². The summed E-state index contributed by atoms with van der Waals surface area (Å²) in [6.45, 7) is 8.93. The van der Waals surface area contributed by atoms with Gasteiger partial charge in [-0.1, -0.05) is 67.6 Å². The van der Waals surface area contributed by atoms with Gasteiger partial charge in [-0.05, 0) is 104 Å². The van der Waals surface area contributed by atoms with Crippen LogP contribution in [0.1, 0.15) is 80.0 Å². The molecule has 0 spiro atoms. The lowest BCUT2D eigenvalue weighted by Crippen LogP contribution is -2.31. The first-order valence-corrected chi connectivity index (χ1v) is 17.8. The molecule has 0 amide bonds. The van der Waals surface area contributed by atoms with Crippen molar-refractivity contribution >= 4 is 27.2 Å². The van der Waals surface area contributed by atoms with Gasteiger partial charge in [-0.3, -0.25) is 18.4 Å². The van der Waals surface area contributed by atoms with Crippen LogP contribution in [0.15, 0.2) is 99.5 Å². The van der Waals surface area contributed by atoms with E-state index < -0.39 is 0 Å². The molecule has 0 aliphatic heterocycles. The molecule has 0 fully saturated rings. The van der Waals surface area contributed by atoms with Gasteiger partial charge in [-0.2, -0.15) is 0 Å². The Kier molecular flexibility index (Phi) is 10.3. The summed E-state index contributed by atoms with van der Waals surface area (Å²) in [6, 6.07) is 18.6. The number of nitrogens with zero attached hydrogens (tertiary/aromatic N) is 6. The topological polar surface area (TPSA) is 94.5 Å². The second kappa shape index (κ2) is 14.8. The highest BCUT2D eigenvalue weighted by atomic mass is 79.9. The molecule has 6 aromatic rings. The molecule has 6 heterocycles. The van der Waals surface area contributed by atoms with E-state index in [1.54, 1.807) is 39.7 Å². The van der Waals surface area contributed by atoms with Crippen molar-refractivity contribution < 1.29 is 0 Å². The number of fused-ring (bicyclic) bond motifs is 4.